The number of para-hydroxylation sites is 1. The number of nitro benzene ring substituents is 1. The molecule has 1 saturated heterocycles. The Morgan fingerprint density at radius 3 is 2.81 bits per heavy atom. The Morgan fingerprint density at radius 1 is 1.52 bits per heavy atom. The van der Waals surface area contributed by atoms with Crippen molar-refractivity contribution in [3.8, 4) is 0 Å². The number of hydrogen-bond donors (Lipinski definition) is 2. The molecule has 2 rings (SSSR count). The lowest BCUT2D eigenvalue weighted by atomic mass is 10.0. The van der Waals surface area contributed by atoms with Crippen LogP contribution in [-0.2, 0) is 14.8 Å². The summed E-state index contributed by atoms with van der Waals surface area (Å²) in [5, 5.41) is 11.0. The zero-order chi connectivity index (χ0) is 15.6. The van der Waals surface area contributed by atoms with Gasteiger partial charge in [0.05, 0.1) is 11.0 Å². The lowest BCUT2D eigenvalue weighted by Gasteiger charge is -2.15. The summed E-state index contributed by atoms with van der Waals surface area (Å²) in [6.45, 7) is 2.64. The number of nitrogens with zero attached hydrogens (tertiary/aromatic N) is 1. The number of nitrogens with one attached hydrogen (secondary N) is 1. The SMILES string of the molecule is CC1OCCC1CNS(=O)(=O)c1cccc(N)c1[N+](=O)[O-]. The summed E-state index contributed by atoms with van der Waals surface area (Å²) in [6.07, 6.45) is 0.714. The van der Waals surface area contributed by atoms with E-state index in [9.17, 15) is 18.5 Å². The lowest BCUT2D eigenvalue weighted by Crippen LogP contribution is -2.32. The highest BCUT2D eigenvalue weighted by Gasteiger charge is 2.30. The monoisotopic (exact) mass is 315 g/mol. The van der Waals surface area contributed by atoms with E-state index in [1.54, 1.807) is 0 Å². The van der Waals surface area contributed by atoms with Gasteiger partial charge < -0.3 is 10.5 Å². The van der Waals surface area contributed by atoms with Crippen LogP contribution in [0.15, 0.2) is 23.1 Å². The van der Waals surface area contributed by atoms with Gasteiger partial charge in [0, 0.05) is 19.1 Å². The second kappa shape index (κ2) is 5.96. The molecular weight excluding hydrogens is 298 g/mol. The number of sulfonamides is 1. The van der Waals surface area contributed by atoms with Gasteiger partial charge in [-0.2, -0.15) is 0 Å². The van der Waals surface area contributed by atoms with E-state index in [1.807, 2.05) is 6.92 Å². The maximum atomic E-state index is 12.3. The predicted octanol–water partition coefficient (Wildman–Crippen LogP) is 0.880. The van der Waals surface area contributed by atoms with Gasteiger partial charge in [-0.25, -0.2) is 13.1 Å². The third-order valence-electron chi connectivity index (χ3n) is 3.57. The summed E-state index contributed by atoms with van der Waals surface area (Å²) < 4.78 is 32.3. The highest BCUT2D eigenvalue weighted by Crippen LogP contribution is 2.30. The molecule has 1 aromatic rings. The van der Waals surface area contributed by atoms with E-state index in [0.717, 1.165) is 6.42 Å². The molecule has 0 saturated carbocycles. The van der Waals surface area contributed by atoms with E-state index in [1.165, 1.54) is 18.2 Å². The van der Waals surface area contributed by atoms with Crippen molar-refractivity contribution in [3.63, 3.8) is 0 Å². The fourth-order valence-corrected chi connectivity index (χ4v) is 3.58. The maximum absolute atomic E-state index is 12.3. The van der Waals surface area contributed by atoms with Gasteiger partial charge in [-0.05, 0) is 25.5 Å². The number of hydrogen-bond acceptors (Lipinski definition) is 6. The summed E-state index contributed by atoms with van der Waals surface area (Å²) in [5.41, 5.74) is 4.73. The average Bonchev–Trinajstić information content (AvgIpc) is 2.81. The Hall–Kier alpha value is -1.71. The molecule has 0 radical (unpaired) electrons. The Morgan fingerprint density at radius 2 is 2.24 bits per heavy atom. The topological polar surface area (TPSA) is 125 Å². The van der Waals surface area contributed by atoms with Gasteiger partial charge in [0.25, 0.3) is 0 Å². The molecule has 8 nitrogen and oxygen atoms in total. The Balaban J connectivity index is 2.24. The first kappa shape index (κ1) is 15.7. The van der Waals surface area contributed by atoms with Crippen molar-refractivity contribution in [1.29, 1.82) is 0 Å². The molecule has 9 heteroatoms. The molecule has 21 heavy (non-hydrogen) atoms. The van der Waals surface area contributed by atoms with Gasteiger partial charge in [-0.1, -0.05) is 6.07 Å². The first-order chi connectivity index (χ1) is 9.83. The average molecular weight is 315 g/mol. The lowest BCUT2D eigenvalue weighted by molar-refractivity contribution is -0.386. The van der Waals surface area contributed by atoms with Gasteiger partial charge in [0.2, 0.25) is 10.0 Å². The molecular formula is C12H17N3O5S. The summed E-state index contributed by atoms with van der Waals surface area (Å²) in [6, 6.07) is 3.84. The number of anilines is 1. The third-order valence-corrected chi connectivity index (χ3v) is 5.03. The molecule has 0 aliphatic carbocycles. The van der Waals surface area contributed by atoms with Crippen LogP contribution >= 0.6 is 0 Å². The maximum Gasteiger partial charge on any atom is 0.312 e. The summed E-state index contributed by atoms with van der Waals surface area (Å²) in [4.78, 5) is 9.81. The molecule has 1 heterocycles. The Bertz CT molecular complexity index is 646. The van der Waals surface area contributed by atoms with Crippen LogP contribution in [0.1, 0.15) is 13.3 Å². The zero-order valence-corrected chi connectivity index (χ0v) is 12.3. The minimum atomic E-state index is -4.00. The van der Waals surface area contributed by atoms with Crippen molar-refractivity contribution < 1.29 is 18.1 Å². The van der Waals surface area contributed by atoms with Crippen LogP contribution in [0, 0.1) is 16.0 Å². The van der Waals surface area contributed by atoms with E-state index >= 15 is 0 Å². The third kappa shape index (κ3) is 3.31. The number of benzene rings is 1. The normalized spacial score (nSPS) is 22.3. The second-order valence-corrected chi connectivity index (χ2v) is 6.66. The molecule has 1 aromatic carbocycles. The molecule has 0 aromatic heterocycles. The first-order valence-electron chi connectivity index (χ1n) is 6.47. The van der Waals surface area contributed by atoms with Crippen LogP contribution in [0.2, 0.25) is 0 Å². The van der Waals surface area contributed by atoms with E-state index in [2.05, 4.69) is 4.72 Å². The van der Waals surface area contributed by atoms with Crippen LogP contribution in [0.5, 0.6) is 0 Å². The summed E-state index contributed by atoms with van der Waals surface area (Å²) in [5.74, 6) is 0.0555. The van der Waals surface area contributed by atoms with Crippen LogP contribution < -0.4 is 10.5 Å². The Labute approximate surface area is 122 Å². The van der Waals surface area contributed by atoms with Crippen molar-refractivity contribution in [1.82, 2.24) is 4.72 Å². The summed E-state index contributed by atoms with van der Waals surface area (Å²) >= 11 is 0. The molecule has 3 N–H and O–H groups in total. The molecule has 0 spiro atoms. The number of nitrogens with two attached hydrogens (primary N) is 1. The molecule has 0 amide bonds. The molecule has 2 unspecified atom stereocenters. The Kier molecular flexibility index (Phi) is 4.45. The van der Waals surface area contributed by atoms with Crippen LogP contribution in [0.3, 0.4) is 0 Å². The number of nitro groups is 1. The van der Waals surface area contributed by atoms with E-state index in [-0.39, 0.29) is 24.3 Å². The fourth-order valence-electron chi connectivity index (χ4n) is 2.29. The molecule has 0 bridgehead atoms. The van der Waals surface area contributed by atoms with Crippen LogP contribution in [0.4, 0.5) is 11.4 Å². The molecule has 1 fully saturated rings. The molecule has 116 valence electrons. The van der Waals surface area contributed by atoms with Crippen LogP contribution in [0.25, 0.3) is 0 Å². The predicted molar refractivity (Wildman–Crippen MR) is 76.2 cm³/mol. The number of rotatable bonds is 5. The summed E-state index contributed by atoms with van der Waals surface area (Å²) in [7, 11) is -4.00. The van der Waals surface area contributed by atoms with Crippen molar-refractivity contribution >= 4 is 21.4 Å². The minimum Gasteiger partial charge on any atom is -0.393 e. The van der Waals surface area contributed by atoms with Gasteiger partial charge in [-0.15, -0.1) is 0 Å². The van der Waals surface area contributed by atoms with Crippen molar-refractivity contribution in [2.24, 2.45) is 5.92 Å². The van der Waals surface area contributed by atoms with Crippen LogP contribution in [-0.4, -0.2) is 32.6 Å². The largest absolute Gasteiger partial charge is 0.393 e. The molecule has 1 aliphatic heterocycles. The first-order valence-corrected chi connectivity index (χ1v) is 7.95. The highest BCUT2D eigenvalue weighted by molar-refractivity contribution is 7.89. The molecule has 1 aliphatic rings. The van der Waals surface area contributed by atoms with Crippen molar-refractivity contribution in [2.45, 2.75) is 24.3 Å². The fraction of sp³-hybridized carbons (Fsp3) is 0.500. The number of nitrogen functional groups attached to an aromatic ring is 1. The van der Waals surface area contributed by atoms with Gasteiger partial charge >= 0.3 is 5.69 Å². The van der Waals surface area contributed by atoms with E-state index < -0.39 is 25.5 Å². The highest BCUT2D eigenvalue weighted by atomic mass is 32.2. The quantitative estimate of drug-likeness (QED) is 0.472. The number of ether oxygens (including phenoxy) is 1. The molecule has 2 atom stereocenters. The van der Waals surface area contributed by atoms with E-state index in [4.69, 9.17) is 10.5 Å². The minimum absolute atomic E-state index is 0.0384. The van der Waals surface area contributed by atoms with E-state index in [0.29, 0.717) is 6.61 Å². The van der Waals surface area contributed by atoms with Gasteiger partial charge in [0.1, 0.15) is 5.69 Å². The van der Waals surface area contributed by atoms with Crippen molar-refractivity contribution in [2.75, 3.05) is 18.9 Å². The second-order valence-electron chi connectivity index (χ2n) is 4.93. The van der Waals surface area contributed by atoms with Gasteiger partial charge in [-0.3, -0.25) is 10.1 Å². The van der Waals surface area contributed by atoms with Gasteiger partial charge in [0.15, 0.2) is 4.90 Å². The standard InChI is InChI=1S/C12H17N3O5S/c1-8-9(5-6-20-8)7-14-21(18,19)11-4-2-3-10(13)12(11)15(16)17/h2-4,8-9,14H,5-7,13H2,1H3. The van der Waals surface area contributed by atoms with Crippen molar-refractivity contribution in [3.05, 3.63) is 28.3 Å². The zero-order valence-electron chi connectivity index (χ0n) is 11.5. The smallest absolute Gasteiger partial charge is 0.312 e.